The van der Waals surface area contributed by atoms with E-state index in [2.05, 4.69) is 217 Å². The fraction of sp³-hybridized carbons (Fsp3) is 0. The van der Waals surface area contributed by atoms with Crippen molar-refractivity contribution in [1.29, 1.82) is 0 Å². The third kappa shape index (κ3) is 6.04. The Morgan fingerprint density at radius 2 is 0.804 bits per heavy atom. The number of anilines is 3. The summed E-state index contributed by atoms with van der Waals surface area (Å²) in [5.74, 6) is 0. The molecule has 264 valence electrons. The quantitative estimate of drug-likeness (QED) is 0.156. The van der Waals surface area contributed by atoms with Crippen LogP contribution in [0.2, 0.25) is 0 Å². The molecule has 0 bridgehead atoms. The summed E-state index contributed by atoms with van der Waals surface area (Å²) in [4.78, 5) is 2.38. The average Bonchev–Trinajstić information content (AvgIpc) is 3.67. The predicted molar refractivity (Wildman–Crippen MR) is 236 cm³/mol. The maximum Gasteiger partial charge on any atom is 0.137 e. The highest BCUT2D eigenvalue weighted by Gasteiger charge is 2.22. The van der Waals surface area contributed by atoms with Gasteiger partial charge in [0.2, 0.25) is 0 Å². The lowest BCUT2D eigenvalue weighted by atomic mass is 9.84. The van der Waals surface area contributed by atoms with Gasteiger partial charge in [0.05, 0.1) is 11.1 Å². The number of hydrogen-bond donors (Lipinski definition) is 0. The van der Waals surface area contributed by atoms with Crippen molar-refractivity contribution in [3.63, 3.8) is 0 Å². The molecule has 0 radical (unpaired) electrons. The maximum atomic E-state index is 6.43. The summed E-state index contributed by atoms with van der Waals surface area (Å²) in [6.45, 7) is 0. The lowest BCUT2D eigenvalue weighted by Gasteiger charge is -2.27. The van der Waals surface area contributed by atoms with Gasteiger partial charge in [-0.15, -0.1) is 0 Å². The smallest absolute Gasteiger partial charge is 0.137 e. The topological polar surface area (TPSA) is 16.4 Å². The molecular formula is C54H37NO. The van der Waals surface area contributed by atoms with Crippen LogP contribution >= 0.6 is 0 Å². The van der Waals surface area contributed by atoms with Crippen molar-refractivity contribution < 1.29 is 4.42 Å². The van der Waals surface area contributed by atoms with Gasteiger partial charge in [-0.2, -0.15) is 0 Å². The first-order valence-corrected chi connectivity index (χ1v) is 19.1. The summed E-state index contributed by atoms with van der Waals surface area (Å²) in [6, 6.07) is 80.1. The van der Waals surface area contributed by atoms with Gasteiger partial charge in [0.25, 0.3) is 0 Å². The predicted octanol–water partition coefficient (Wildman–Crippen LogP) is 15.4. The minimum Gasteiger partial charge on any atom is -0.456 e. The van der Waals surface area contributed by atoms with Crippen molar-refractivity contribution in [1.82, 2.24) is 0 Å². The number of benzene rings is 9. The zero-order chi connectivity index (χ0) is 37.3. The second-order valence-electron chi connectivity index (χ2n) is 14.1. The highest BCUT2D eigenvalue weighted by molar-refractivity contribution is 6.13. The molecular weight excluding hydrogens is 679 g/mol. The van der Waals surface area contributed by atoms with Gasteiger partial charge in [0, 0.05) is 16.8 Å². The van der Waals surface area contributed by atoms with Crippen LogP contribution in [-0.2, 0) is 0 Å². The van der Waals surface area contributed by atoms with Gasteiger partial charge >= 0.3 is 0 Å². The summed E-state index contributed by atoms with van der Waals surface area (Å²) < 4.78 is 6.43. The third-order valence-electron chi connectivity index (χ3n) is 10.7. The van der Waals surface area contributed by atoms with Crippen molar-refractivity contribution in [2.45, 2.75) is 0 Å². The summed E-state index contributed by atoms with van der Waals surface area (Å²) in [5, 5.41) is 2.18. The SMILES string of the molecule is c1ccc(-c2ccc(N(c3cccc(-c4cccc(-c5ccccc5)c4-c4ccccc4-c4ccccc4)c3)c3cccc4oc5ccccc5c34)cc2)cc1. The first kappa shape index (κ1) is 33.2. The van der Waals surface area contributed by atoms with E-state index in [0.29, 0.717) is 0 Å². The molecule has 0 spiro atoms. The molecule has 0 unspecified atom stereocenters. The fourth-order valence-electron chi connectivity index (χ4n) is 8.13. The maximum absolute atomic E-state index is 6.43. The van der Waals surface area contributed by atoms with Gasteiger partial charge in [-0.1, -0.05) is 182 Å². The molecule has 0 aliphatic rings. The second kappa shape index (κ2) is 14.4. The van der Waals surface area contributed by atoms with E-state index in [1.807, 2.05) is 12.1 Å². The van der Waals surface area contributed by atoms with Crippen molar-refractivity contribution in [3.05, 3.63) is 224 Å². The number of hydrogen-bond acceptors (Lipinski definition) is 2. The molecule has 1 heterocycles. The van der Waals surface area contributed by atoms with E-state index in [4.69, 9.17) is 4.42 Å². The van der Waals surface area contributed by atoms with E-state index in [1.165, 1.54) is 50.1 Å². The van der Waals surface area contributed by atoms with E-state index >= 15 is 0 Å². The molecule has 2 nitrogen and oxygen atoms in total. The molecule has 10 rings (SSSR count). The van der Waals surface area contributed by atoms with Crippen LogP contribution in [0.3, 0.4) is 0 Å². The van der Waals surface area contributed by atoms with Crippen LogP contribution in [0.15, 0.2) is 229 Å². The number of furan rings is 1. The molecule has 9 aromatic carbocycles. The van der Waals surface area contributed by atoms with E-state index < -0.39 is 0 Å². The standard InChI is InChI=1S/C54H37NO/c1-4-17-38(18-5-1)39-33-35-43(36-34-39)55(50-30-16-32-52-54(50)49-27-12-13-31-51(49)56-52)44-24-14-23-42(37-44)47-29-15-28-46(41-21-8-3-9-22-41)53(47)48-26-11-10-25-45(48)40-19-6-2-7-20-40/h1-37H. The Bertz CT molecular complexity index is 2950. The van der Waals surface area contributed by atoms with Gasteiger partial charge in [0.1, 0.15) is 11.2 Å². The van der Waals surface area contributed by atoms with Crippen LogP contribution in [-0.4, -0.2) is 0 Å². The minimum absolute atomic E-state index is 0.862. The molecule has 0 N–H and O–H groups in total. The van der Waals surface area contributed by atoms with Crippen LogP contribution in [0, 0.1) is 0 Å². The number of nitrogens with zero attached hydrogens (tertiary/aromatic N) is 1. The zero-order valence-electron chi connectivity index (χ0n) is 30.7. The molecule has 0 saturated heterocycles. The Morgan fingerprint density at radius 3 is 1.54 bits per heavy atom. The molecule has 1 aromatic heterocycles. The first-order chi connectivity index (χ1) is 27.8. The second-order valence-corrected chi connectivity index (χ2v) is 14.1. The largest absolute Gasteiger partial charge is 0.456 e. The van der Waals surface area contributed by atoms with Crippen LogP contribution in [0.1, 0.15) is 0 Å². The van der Waals surface area contributed by atoms with Gasteiger partial charge in [-0.05, 0) is 98.1 Å². The van der Waals surface area contributed by atoms with Crippen LogP contribution in [0.4, 0.5) is 17.1 Å². The minimum atomic E-state index is 0.862. The summed E-state index contributed by atoms with van der Waals surface area (Å²) >= 11 is 0. The lowest BCUT2D eigenvalue weighted by Crippen LogP contribution is -2.10. The van der Waals surface area contributed by atoms with Crippen LogP contribution in [0.25, 0.3) is 77.6 Å². The van der Waals surface area contributed by atoms with E-state index in [9.17, 15) is 0 Å². The molecule has 0 fully saturated rings. The fourth-order valence-corrected chi connectivity index (χ4v) is 8.13. The monoisotopic (exact) mass is 715 g/mol. The highest BCUT2D eigenvalue weighted by Crippen LogP contribution is 2.47. The average molecular weight is 716 g/mol. The molecule has 0 aliphatic carbocycles. The van der Waals surface area contributed by atoms with Crippen molar-refractivity contribution in [2.24, 2.45) is 0 Å². The molecule has 0 saturated carbocycles. The van der Waals surface area contributed by atoms with Crippen molar-refractivity contribution in [3.8, 4) is 55.6 Å². The molecule has 2 heteroatoms. The van der Waals surface area contributed by atoms with Gasteiger partial charge < -0.3 is 9.32 Å². The van der Waals surface area contributed by atoms with E-state index in [0.717, 1.165) is 44.6 Å². The van der Waals surface area contributed by atoms with Crippen molar-refractivity contribution in [2.75, 3.05) is 4.90 Å². The third-order valence-corrected chi connectivity index (χ3v) is 10.7. The molecule has 0 atom stereocenters. The van der Waals surface area contributed by atoms with Crippen LogP contribution in [0.5, 0.6) is 0 Å². The Hall–Kier alpha value is -7.42. The van der Waals surface area contributed by atoms with Gasteiger partial charge in [0.15, 0.2) is 0 Å². The summed E-state index contributed by atoms with van der Waals surface area (Å²) in [7, 11) is 0. The van der Waals surface area contributed by atoms with Gasteiger partial charge in [-0.25, -0.2) is 0 Å². The van der Waals surface area contributed by atoms with Gasteiger partial charge in [-0.3, -0.25) is 0 Å². The Morgan fingerprint density at radius 1 is 0.304 bits per heavy atom. The van der Waals surface area contributed by atoms with Crippen molar-refractivity contribution >= 4 is 39.0 Å². The molecule has 0 aliphatic heterocycles. The Kier molecular flexibility index (Phi) is 8.55. The number of fused-ring (bicyclic) bond motifs is 3. The lowest BCUT2D eigenvalue weighted by molar-refractivity contribution is 0.669. The summed E-state index contributed by atoms with van der Waals surface area (Å²) in [5.41, 5.74) is 16.8. The summed E-state index contributed by atoms with van der Waals surface area (Å²) in [6.07, 6.45) is 0. The molecule has 10 aromatic rings. The molecule has 56 heavy (non-hydrogen) atoms. The Labute approximate surface area is 327 Å². The van der Waals surface area contributed by atoms with E-state index in [1.54, 1.807) is 0 Å². The normalized spacial score (nSPS) is 11.2. The number of rotatable bonds is 8. The number of para-hydroxylation sites is 1. The first-order valence-electron chi connectivity index (χ1n) is 19.1. The Balaban J connectivity index is 1.20. The van der Waals surface area contributed by atoms with E-state index in [-0.39, 0.29) is 0 Å². The molecule has 0 amide bonds. The van der Waals surface area contributed by atoms with Crippen LogP contribution < -0.4 is 4.90 Å². The highest BCUT2D eigenvalue weighted by atomic mass is 16.3. The zero-order valence-corrected chi connectivity index (χ0v) is 30.7.